The molecule has 33 heavy (non-hydrogen) atoms. The van der Waals surface area contributed by atoms with Gasteiger partial charge in [0, 0.05) is 13.0 Å². The standard InChI is InChI=1S/C24H39N5O4/c1-6-16(7-2)15-32-22(30)20-13-19-12-17(9-11-21-25-27-28-26-21)8-10-18(19)14-29(20)23(31)33-24(3,4)5/h9,16,18-20H,6-8,10-15H2,1-5H3,(H,25,26,27,28)/t18-,19+,20-/m0/s1. The Hall–Kier alpha value is -2.45. The summed E-state index contributed by atoms with van der Waals surface area (Å²) in [5.41, 5.74) is 0.742. The third kappa shape index (κ3) is 7.01. The largest absolute Gasteiger partial charge is 0.464 e. The van der Waals surface area contributed by atoms with Crippen LogP contribution in [0, 0.1) is 17.8 Å². The van der Waals surface area contributed by atoms with E-state index in [2.05, 4.69) is 40.5 Å². The van der Waals surface area contributed by atoms with E-state index in [9.17, 15) is 9.59 Å². The number of hydrogen-bond donors (Lipinski definition) is 1. The third-order valence-corrected chi connectivity index (χ3v) is 6.84. The van der Waals surface area contributed by atoms with Crippen molar-refractivity contribution >= 4 is 12.1 Å². The van der Waals surface area contributed by atoms with Crippen LogP contribution in [0.2, 0.25) is 0 Å². The number of tetrazole rings is 1. The van der Waals surface area contributed by atoms with Crippen molar-refractivity contribution in [3.63, 3.8) is 0 Å². The lowest BCUT2D eigenvalue weighted by atomic mass is 9.71. The zero-order chi connectivity index (χ0) is 24.0. The first-order valence-corrected chi connectivity index (χ1v) is 12.3. The molecule has 0 aromatic carbocycles. The van der Waals surface area contributed by atoms with Crippen LogP contribution in [-0.4, -0.2) is 62.4 Å². The van der Waals surface area contributed by atoms with Crippen LogP contribution in [-0.2, 0) is 20.7 Å². The summed E-state index contributed by atoms with van der Waals surface area (Å²) in [4.78, 5) is 27.8. The molecule has 0 unspecified atom stereocenters. The summed E-state index contributed by atoms with van der Waals surface area (Å²) in [6.07, 6.45) is 7.81. The van der Waals surface area contributed by atoms with E-state index in [1.807, 2.05) is 20.8 Å². The fourth-order valence-corrected chi connectivity index (χ4v) is 4.78. The number of nitrogens with one attached hydrogen (secondary N) is 1. The van der Waals surface area contributed by atoms with E-state index in [-0.39, 0.29) is 5.97 Å². The summed E-state index contributed by atoms with van der Waals surface area (Å²) in [5, 5.41) is 14.1. The number of ether oxygens (including phenoxy) is 2. The fraction of sp³-hybridized carbons (Fsp3) is 0.792. The van der Waals surface area contributed by atoms with Crippen molar-refractivity contribution in [2.45, 2.75) is 91.2 Å². The van der Waals surface area contributed by atoms with Crippen molar-refractivity contribution in [3.8, 4) is 0 Å². The van der Waals surface area contributed by atoms with Crippen molar-refractivity contribution in [2.24, 2.45) is 17.8 Å². The number of rotatable bonds is 7. The van der Waals surface area contributed by atoms with Gasteiger partial charge in [0.1, 0.15) is 11.6 Å². The lowest BCUT2D eigenvalue weighted by molar-refractivity contribution is -0.154. The van der Waals surface area contributed by atoms with E-state index in [0.717, 1.165) is 32.1 Å². The van der Waals surface area contributed by atoms with Gasteiger partial charge in [-0.05, 0) is 64.2 Å². The quantitative estimate of drug-likeness (QED) is 0.481. The summed E-state index contributed by atoms with van der Waals surface area (Å²) in [6.45, 7) is 10.7. The Morgan fingerprint density at radius 1 is 1.24 bits per heavy atom. The van der Waals surface area contributed by atoms with Crippen molar-refractivity contribution in [2.75, 3.05) is 13.2 Å². The number of nitrogens with zero attached hydrogens (tertiary/aromatic N) is 4. The van der Waals surface area contributed by atoms with Crippen LogP contribution in [0.4, 0.5) is 4.79 Å². The fourth-order valence-electron chi connectivity index (χ4n) is 4.78. The second-order valence-corrected chi connectivity index (χ2v) is 10.4. The highest BCUT2D eigenvalue weighted by Crippen LogP contribution is 2.41. The molecule has 2 aliphatic rings. The number of hydrogen-bond acceptors (Lipinski definition) is 7. The summed E-state index contributed by atoms with van der Waals surface area (Å²) in [6, 6.07) is -0.605. The van der Waals surface area contributed by atoms with Crippen LogP contribution in [0.1, 0.15) is 79.0 Å². The molecule has 1 saturated carbocycles. The van der Waals surface area contributed by atoms with Gasteiger partial charge in [-0.25, -0.2) is 9.59 Å². The number of likely N-dealkylation sites (tertiary alicyclic amines) is 1. The van der Waals surface area contributed by atoms with E-state index >= 15 is 0 Å². The molecular weight excluding hydrogens is 422 g/mol. The van der Waals surface area contributed by atoms with Crippen LogP contribution in [0.3, 0.4) is 0 Å². The molecule has 0 bridgehead atoms. The smallest absolute Gasteiger partial charge is 0.411 e. The van der Waals surface area contributed by atoms with E-state index in [1.165, 1.54) is 5.57 Å². The average molecular weight is 462 g/mol. The zero-order valence-electron chi connectivity index (χ0n) is 20.7. The van der Waals surface area contributed by atoms with Crippen LogP contribution in [0.25, 0.3) is 0 Å². The molecule has 1 aromatic rings. The molecule has 1 N–H and O–H groups in total. The molecule has 184 valence electrons. The molecule has 1 aromatic heterocycles. The van der Waals surface area contributed by atoms with Crippen LogP contribution >= 0.6 is 0 Å². The minimum absolute atomic E-state index is 0.311. The first-order valence-electron chi connectivity index (χ1n) is 12.3. The Labute approximate surface area is 196 Å². The molecule has 1 aliphatic heterocycles. The number of carbonyl (C=O) groups is 2. The van der Waals surface area contributed by atoms with Gasteiger partial charge in [-0.1, -0.05) is 43.6 Å². The predicted molar refractivity (Wildman–Crippen MR) is 123 cm³/mol. The molecule has 1 aliphatic carbocycles. The number of amides is 1. The average Bonchev–Trinajstić information content (AvgIpc) is 3.29. The number of H-pyrrole nitrogens is 1. The first-order chi connectivity index (χ1) is 15.7. The molecule has 3 rings (SSSR count). The van der Waals surface area contributed by atoms with Gasteiger partial charge < -0.3 is 9.47 Å². The lowest BCUT2D eigenvalue weighted by Gasteiger charge is -2.45. The van der Waals surface area contributed by atoms with E-state index in [4.69, 9.17) is 9.47 Å². The van der Waals surface area contributed by atoms with E-state index in [0.29, 0.717) is 49.6 Å². The maximum absolute atomic E-state index is 13.1. The SMILES string of the molecule is CCC(CC)COC(=O)[C@@H]1C[C@H]2CC(=CCc3nn[nH]n3)CC[C@H]2CN1C(=O)OC(C)(C)C. The molecule has 1 amide bonds. The maximum atomic E-state index is 13.1. The molecule has 2 fully saturated rings. The Balaban J connectivity index is 1.71. The number of allylic oxidation sites excluding steroid dienone is 2. The Bertz CT molecular complexity index is 813. The molecular formula is C24H39N5O4. The second-order valence-electron chi connectivity index (χ2n) is 10.4. The number of fused-ring (bicyclic) bond motifs is 1. The van der Waals surface area contributed by atoms with Gasteiger partial charge in [0.05, 0.1) is 6.61 Å². The van der Waals surface area contributed by atoms with E-state index < -0.39 is 17.7 Å². The highest BCUT2D eigenvalue weighted by atomic mass is 16.6. The zero-order valence-corrected chi connectivity index (χ0v) is 20.7. The molecule has 0 radical (unpaired) electrons. The first kappa shape index (κ1) is 25.2. The molecule has 9 nitrogen and oxygen atoms in total. The number of aromatic nitrogens is 4. The minimum Gasteiger partial charge on any atom is -0.464 e. The number of aromatic amines is 1. The monoisotopic (exact) mass is 461 g/mol. The number of esters is 1. The highest BCUT2D eigenvalue weighted by Gasteiger charge is 2.44. The maximum Gasteiger partial charge on any atom is 0.411 e. The van der Waals surface area contributed by atoms with Crippen LogP contribution in [0.15, 0.2) is 11.6 Å². The summed E-state index contributed by atoms with van der Waals surface area (Å²) < 4.78 is 11.4. The summed E-state index contributed by atoms with van der Waals surface area (Å²) in [7, 11) is 0. The van der Waals surface area contributed by atoms with Gasteiger partial charge in [-0.15, -0.1) is 10.2 Å². The highest BCUT2D eigenvalue weighted by molar-refractivity contribution is 5.82. The molecule has 1 saturated heterocycles. The normalized spacial score (nSPS) is 24.6. The molecule has 9 heteroatoms. The van der Waals surface area contributed by atoms with E-state index in [1.54, 1.807) is 4.90 Å². The Kier molecular flexibility index (Phi) is 8.48. The van der Waals surface area contributed by atoms with Crippen LogP contribution < -0.4 is 0 Å². The van der Waals surface area contributed by atoms with Gasteiger partial charge in [0.2, 0.25) is 0 Å². The molecule has 2 heterocycles. The van der Waals surface area contributed by atoms with Crippen molar-refractivity contribution < 1.29 is 19.1 Å². The third-order valence-electron chi connectivity index (χ3n) is 6.84. The minimum atomic E-state index is -0.616. The van der Waals surface area contributed by atoms with Gasteiger partial charge in [0.15, 0.2) is 5.82 Å². The number of piperidine rings is 1. The summed E-state index contributed by atoms with van der Waals surface area (Å²) >= 11 is 0. The lowest BCUT2D eigenvalue weighted by Crippen LogP contribution is -2.55. The van der Waals surface area contributed by atoms with Gasteiger partial charge >= 0.3 is 12.1 Å². The predicted octanol–water partition coefficient (Wildman–Crippen LogP) is 4.07. The Morgan fingerprint density at radius 3 is 2.64 bits per heavy atom. The van der Waals surface area contributed by atoms with Gasteiger partial charge in [-0.2, -0.15) is 5.21 Å². The molecule has 0 spiro atoms. The number of carbonyl (C=O) groups excluding carboxylic acids is 2. The van der Waals surface area contributed by atoms with Gasteiger partial charge in [0.25, 0.3) is 0 Å². The van der Waals surface area contributed by atoms with Crippen molar-refractivity contribution in [1.29, 1.82) is 0 Å². The van der Waals surface area contributed by atoms with Crippen molar-refractivity contribution in [1.82, 2.24) is 25.5 Å². The topological polar surface area (TPSA) is 110 Å². The Morgan fingerprint density at radius 2 is 2.00 bits per heavy atom. The van der Waals surface area contributed by atoms with Gasteiger partial charge in [-0.3, -0.25) is 4.90 Å². The second kappa shape index (κ2) is 11.1. The molecule has 3 atom stereocenters. The summed E-state index contributed by atoms with van der Waals surface area (Å²) in [5.74, 6) is 1.39. The van der Waals surface area contributed by atoms with Crippen LogP contribution in [0.5, 0.6) is 0 Å². The van der Waals surface area contributed by atoms with Crippen molar-refractivity contribution in [3.05, 3.63) is 17.5 Å².